The summed E-state index contributed by atoms with van der Waals surface area (Å²) in [5.74, 6) is -1.12. The number of anilines is 1. The number of aromatic nitrogens is 2. The molecule has 0 unspecified atom stereocenters. The fourth-order valence-corrected chi connectivity index (χ4v) is 4.32. The molecule has 0 fully saturated rings. The maximum absolute atomic E-state index is 13.5. The first kappa shape index (κ1) is 25.4. The second-order valence-corrected chi connectivity index (χ2v) is 9.16. The van der Waals surface area contributed by atoms with Crippen LogP contribution in [0.1, 0.15) is 32.0 Å². The quantitative estimate of drug-likeness (QED) is 0.308. The zero-order valence-electron chi connectivity index (χ0n) is 21.2. The maximum atomic E-state index is 13.5. The van der Waals surface area contributed by atoms with E-state index in [0.717, 1.165) is 28.2 Å². The second-order valence-electron chi connectivity index (χ2n) is 9.16. The summed E-state index contributed by atoms with van der Waals surface area (Å²) in [6.07, 6.45) is 3.30. The van der Waals surface area contributed by atoms with Crippen LogP contribution in [0.25, 0.3) is 10.9 Å². The zero-order chi connectivity index (χ0) is 27.4. The highest BCUT2D eigenvalue weighted by atomic mass is 16.3. The summed E-state index contributed by atoms with van der Waals surface area (Å²) in [5, 5.41) is 21.0. The number of phenolic OH excluding ortho intramolecular Hbond substituents is 2. The molecule has 8 heteroatoms. The van der Waals surface area contributed by atoms with Gasteiger partial charge in [0.05, 0.1) is 29.9 Å². The van der Waals surface area contributed by atoms with E-state index in [2.05, 4.69) is 9.97 Å². The Labute approximate surface area is 225 Å². The van der Waals surface area contributed by atoms with Gasteiger partial charge in [0.25, 0.3) is 11.8 Å². The lowest BCUT2D eigenvalue weighted by molar-refractivity contribution is 0.0783. The Kier molecular flexibility index (Phi) is 7.18. The molecule has 0 atom stereocenters. The van der Waals surface area contributed by atoms with Gasteiger partial charge in [0, 0.05) is 42.1 Å². The summed E-state index contributed by atoms with van der Waals surface area (Å²) in [6, 6.07) is 25.9. The summed E-state index contributed by atoms with van der Waals surface area (Å²) in [6.45, 7) is 0.533. The van der Waals surface area contributed by atoms with Crippen LogP contribution < -0.4 is 4.90 Å². The van der Waals surface area contributed by atoms with Gasteiger partial charge in [0.15, 0.2) is 0 Å². The Morgan fingerprint density at radius 2 is 1.62 bits per heavy atom. The molecule has 0 aliphatic carbocycles. The predicted octanol–water partition coefficient (Wildman–Crippen LogP) is 5.16. The number of hydrogen-bond donors (Lipinski definition) is 2. The van der Waals surface area contributed by atoms with Crippen molar-refractivity contribution in [3.8, 4) is 11.5 Å². The number of rotatable bonds is 7. The van der Waals surface area contributed by atoms with Crippen LogP contribution in [0.5, 0.6) is 11.5 Å². The highest BCUT2D eigenvalue weighted by Gasteiger charge is 2.22. The standard InChI is InChI=1S/C31H26N4O4/c1-34(20-24-11-8-22-6-2-3-7-28(22)33-24)30(38)23-9-12-25(13-10-23)35(19-21-5-4-16-32-18-21)31(39)27-15-14-26(36)17-29(27)37/h2-18,36-37H,19-20H2,1H3. The van der Waals surface area contributed by atoms with Crippen molar-refractivity contribution < 1.29 is 19.8 Å². The van der Waals surface area contributed by atoms with Crippen molar-refractivity contribution in [3.63, 3.8) is 0 Å². The molecule has 0 radical (unpaired) electrons. The van der Waals surface area contributed by atoms with Gasteiger partial charge < -0.3 is 20.0 Å². The van der Waals surface area contributed by atoms with Crippen LogP contribution in [0.3, 0.4) is 0 Å². The molecule has 0 spiro atoms. The Hall–Kier alpha value is -5.24. The van der Waals surface area contributed by atoms with Gasteiger partial charge >= 0.3 is 0 Å². The molecule has 2 aromatic heterocycles. The number of para-hydroxylation sites is 1. The highest BCUT2D eigenvalue weighted by molar-refractivity contribution is 6.08. The molecule has 0 saturated carbocycles. The van der Waals surface area contributed by atoms with Gasteiger partial charge in [-0.25, -0.2) is 0 Å². The van der Waals surface area contributed by atoms with Crippen molar-refractivity contribution in [2.75, 3.05) is 11.9 Å². The second kappa shape index (κ2) is 11.0. The van der Waals surface area contributed by atoms with E-state index in [1.807, 2.05) is 42.5 Å². The van der Waals surface area contributed by atoms with E-state index < -0.39 is 5.91 Å². The van der Waals surface area contributed by atoms with Crippen LogP contribution >= 0.6 is 0 Å². The summed E-state index contributed by atoms with van der Waals surface area (Å²) in [4.78, 5) is 38.5. The van der Waals surface area contributed by atoms with Gasteiger partial charge in [-0.2, -0.15) is 0 Å². The van der Waals surface area contributed by atoms with E-state index in [-0.39, 0.29) is 29.5 Å². The monoisotopic (exact) mass is 518 g/mol. The number of benzene rings is 3. The molecular formula is C31H26N4O4. The van der Waals surface area contributed by atoms with Crippen LogP contribution in [0.4, 0.5) is 5.69 Å². The third kappa shape index (κ3) is 5.70. The van der Waals surface area contributed by atoms with Gasteiger partial charge in [-0.15, -0.1) is 0 Å². The highest BCUT2D eigenvalue weighted by Crippen LogP contribution is 2.28. The molecule has 194 valence electrons. The predicted molar refractivity (Wildman–Crippen MR) is 149 cm³/mol. The van der Waals surface area contributed by atoms with Crippen molar-refractivity contribution in [1.29, 1.82) is 0 Å². The molecule has 0 bridgehead atoms. The molecule has 0 saturated heterocycles. The van der Waals surface area contributed by atoms with Crippen LogP contribution in [0.2, 0.25) is 0 Å². The number of carbonyl (C=O) groups excluding carboxylic acids is 2. The zero-order valence-corrected chi connectivity index (χ0v) is 21.2. The lowest BCUT2D eigenvalue weighted by atomic mass is 10.1. The smallest absolute Gasteiger partial charge is 0.262 e. The molecule has 39 heavy (non-hydrogen) atoms. The SMILES string of the molecule is CN(Cc1ccc2ccccc2n1)C(=O)c1ccc(N(Cc2cccnc2)C(=O)c2ccc(O)cc2O)cc1. The lowest BCUT2D eigenvalue weighted by Gasteiger charge is -2.24. The number of aromatic hydroxyl groups is 2. The number of amides is 2. The minimum absolute atomic E-state index is 0.0412. The molecule has 0 aliphatic rings. The Bertz CT molecular complexity index is 1640. The maximum Gasteiger partial charge on any atom is 0.262 e. The van der Waals surface area contributed by atoms with Gasteiger partial charge in [0.1, 0.15) is 11.5 Å². The fourth-order valence-electron chi connectivity index (χ4n) is 4.32. The van der Waals surface area contributed by atoms with E-state index in [1.54, 1.807) is 54.7 Å². The normalized spacial score (nSPS) is 10.8. The van der Waals surface area contributed by atoms with Crippen molar-refractivity contribution >= 4 is 28.4 Å². The molecule has 2 amide bonds. The molecule has 2 N–H and O–H groups in total. The average Bonchev–Trinajstić information content (AvgIpc) is 2.96. The summed E-state index contributed by atoms with van der Waals surface area (Å²) in [5.41, 5.74) is 3.47. The topological polar surface area (TPSA) is 107 Å². The van der Waals surface area contributed by atoms with Gasteiger partial charge in [-0.3, -0.25) is 19.6 Å². The number of fused-ring (bicyclic) bond motifs is 1. The first-order valence-corrected chi connectivity index (χ1v) is 12.3. The van der Waals surface area contributed by atoms with Crippen molar-refractivity contribution in [3.05, 3.63) is 126 Å². The Balaban J connectivity index is 1.37. The molecule has 0 aliphatic heterocycles. The van der Waals surface area contributed by atoms with Crippen LogP contribution in [0.15, 0.2) is 103 Å². The van der Waals surface area contributed by atoms with E-state index in [0.29, 0.717) is 17.8 Å². The Morgan fingerprint density at radius 1 is 0.821 bits per heavy atom. The van der Waals surface area contributed by atoms with E-state index in [4.69, 9.17) is 0 Å². The van der Waals surface area contributed by atoms with Crippen molar-refractivity contribution in [2.24, 2.45) is 0 Å². The summed E-state index contributed by atoms with van der Waals surface area (Å²) < 4.78 is 0. The van der Waals surface area contributed by atoms with Crippen LogP contribution in [-0.4, -0.2) is 43.9 Å². The first-order valence-electron chi connectivity index (χ1n) is 12.3. The third-order valence-corrected chi connectivity index (χ3v) is 6.35. The average molecular weight is 519 g/mol. The lowest BCUT2D eigenvalue weighted by Crippen LogP contribution is -2.31. The van der Waals surface area contributed by atoms with E-state index >= 15 is 0 Å². The number of hydrogen-bond acceptors (Lipinski definition) is 6. The minimum atomic E-state index is -0.463. The third-order valence-electron chi connectivity index (χ3n) is 6.35. The van der Waals surface area contributed by atoms with E-state index in [1.165, 1.54) is 17.0 Å². The van der Waals surface area contributed by atoms with Crippen LogP contribution in [-0.2, 0) is 13.1 Å². The fraction of sp³-hybridized carbons (Fsp3) is 0.0968. The number of phenols is 2. The van der Waals surface area contributed by atoms with Gasteiger partial charge in [-0.1, -0.05) is 30.3 Å². The van der Waals surface area contributed by atoms with E-state index in [9.17, 15) is 19.8 Å². The minimum Gasteiger partial charge on any atom is -0.508 e. The van der Waals surface area contributed by atoms with Crippen molar-refractivity contribution in [1.82, 2.24) is 14.9 Å². The molecule has 5 rings (SSSR count). The molecular weight excluding hydrogens is 492 g/mol. The summed E-state index contributed by atoms with van der Waals surface area (Å²) >= 11 is 0. The Morgan fingerprint density at radius 3 is 2.36 bits per heavy atom. The van der Waals surface area contributed by atoms with Gasteiger partial charge in [-0.05, 0) is 60.2 Å². The molecule has 3 aromatic carbocycles. The first-order chi connectivity index (χ1) is 18.9. The summed E-state index contributed by atoms with van der Waals surface area (Å²) in [7, 11) is 1.72. The number of carbonyl (C=O) groups is 2. The molecule has 5 aromatic rings. The number of nitrogens with zero attached hydrogens (tertiary/aromatic N) is 4. The van der Waals surface area contributed by atoms with Crippen LogP contribution in [0, 0.1) is 0 Å². The molecule has 2 heterocycles. The van der Waals surface area contributed by atoms with Gasteiger partial charge in [0.2, 0.25) is 0 Å². The molecule has 8 nitrogen and oxygen atoms in total. The van der Waals surface area contributed by atoms with Crippen molar-refractivity contribution in [2.45, 2.75) is 13.1 Å². The number of pyridine rings is 2. The largest absolute Gasteiger partial charge is 0.508 e.